The zero-order chi connectivity index (χ0) is 18.0. The highest BCUT2D eigenvalue weighted by atomic mass is 79.9. The topological polar surface area (TPSA) is 49.4 Å². The van der Waals surface area contributed by atoms with Gasteiger partial charge in [0.15, 0.2) is 0 Å². The zero-order valence-corrected chi connectivity index (χ0v) is 15.3. The Hall–Kier alpha value is -2.21. The average Bonchev–Trinajstić information content (AvgIpc) is 2.94. The Morgan fingerprint density at radius 3 is 2.84 bits per heavy atom. The van der Waals surface area contributed by atoms with E-state index >= 15 is 0 Å². The Bertz CT molecular complexity index is 825. The molecule has 0 aliphatic carbocycles. The van der Waals surface area contributed by atoms with Gasteiger partial charge in [-0.05, 0) is 37.1 Å². The van der Waals surface area contributed by atoms with Gasteiger partial charge in [-0.25, -0.2) is 4.39 Å². The van der Waals surface area contributed by atoms with Gasteiger partial charge in [0, 0.05) is 17.6 Å². The molecule has 2 aromatic carbocycles. The fourth-order valence-corrected chi connectivity index (χ4v) is 3.33. The van der Waals surface area contributed by atoms with Crippen molar-refractivity contribution in [2.24, 2.45) is 5.92 Å². The van der Waals surface area contributed by atoms with Gasteiger partial charge in [0.1, 0.15) is 11.7 Å². The average molecular weight is 405 g/mol. The van der Waals surface area contributed by atoms with E-state index in [1.54, 1.807) is 12.1 Å². The number of carbonyl (C=O) groups is 2. The van der Waals surface area contributed by atoms with E-state index in [0.29, 0.717) is 24.0 Å². The summed E-state index contributed by atoms with van der Waals surface area (Å²) in [6, 6.07) is 12.4. The number of hydrogen-bond acceptors (Lipinski definition) is 2. The van der Waals surface area contributed by atoms with Crippen molar-refractivity contribution < 1.29 is 14.0 Å². The molecule has 1 saturated heterocycles. The van der Waals surface area contributed by atoms with Crippen LogP contribution in [0.2, 0.25) is 0 Å². The summed E-state index contributed by atoms with van der Waals surface area (Å²) >= 11 is 3.20. The summed E-state index contributed by atoms with van der Waals surface area (Å²) in [6.07, 6.45) is 0.383. The molecule has 2 aromatic rings. The molecule has 1 atom stereocenters. The number of halogens is 2. The molecule has 1 aliphatic heterocycles. The molecule has 0 saturated carbocycles. The van der Waals surface area contributed by atoms with Crippen LogP contribution in [0.1, 0.15) is 17.5 Å². The molecule has 1 aliphatic rings. The molecule has 0 aromatic heterocycles. The fraction of sp³-hybridized carbons (Fsp3) is 0.263. The van der Waals surface area contributed by atoms with Gasteiger partial charge in [0.25, 0.3) is 0 Å². The molecule has 0 spiro atoms. The van der Waals surface area contributed by atoms with Gasteiger partial charge in [0.05, 0.1) is 5.69 Å². The predicted octanol–water partition coefficient (Wildman–Crippen LogP) is 3.57. The van der Waals surface area contributed by atoms with Gasteiger partial charge in [0.2, 0.25) is 11.8 Å². The number of amides is 2. The number of nitrogens with one attached hydrogen (secondary N) is 1. The van der Waals surface area contributed by atoms with Crippen LogP contribution in [-0.4, -0.2) is 18.4 Å². The first-order valence-corrected chi connectivity index (χ1v) is 8.84. The highest BCUT2D eigenvalue weighted by molar-refractivity contribution is 9.10. The molecule has 3 rings (SSSR count). The van der Waals surface area contributed by atoms with E-state index < -0.39 is 11.7 Å². The molecule has 1 heterocycles. The maximum atomic E-state index is 14.1. The normalized spacial score (nSPS) is 17.0. The Morgan fingerprint density at radius 2 is 2.12 bits per heavy atom. The number of nitrogens with zero attached hydrogens (tertiary/aromatic N) is 1. The van der Waals surface area contributed by atoms with Gasteiger partial charge in [-0.2, -0.15) is 0 Å². The molecule has 1 fully saturated rings. The Labute approximate surface area is 154 Å². The molecule has 25 heavy (non-hydrogen) atoms. The standard InChI is InChI=1S/C19H18BrFN2O2/c1-12-3-2-4-13(9-12)11-22-18(24)15-7-8-23(19(15)25)17-6-5-14(20)10-16(17)21/h2-6,9-10,15H,7-8,11H2,1H3,(H,22,24)/t15-/m0/s1. The smallest absolute Gasteiger partial charge is 0.239 e. The summed E-state index contributed by atoms with van der Waals surface area (Å²) in [7, 11) is 0. The molecular formula is C19H18BrFN2O2. The van der Waals surface area contributed by atoms with Crippen LogP contribution < -0.4 is 10.2 Å². The van der Waals surface area contributed by atoms with Crippen molar-refractivity contribution in [3.8, 4) is 0 Å². The first-order valence-electron chi connectivity index (χ1n) is 8.05. The van der Waals surface area contributed by atoms with Crippen LogP contribution in [0.25, 0.3) is 0 Å². The van der Waals surface area contributed by atoms with Crippen molar-refractivity contribution in [2.45, 2.75) is 19.9 Å². The third-order valence-corrected chi connectivity index (χ3v) is 4.76. The molecule has 1 N–H and O–H groups in total. The minimum absolute atomic E-state index is 0.210. The lowest BCUT2D eigenvalue weighted by Gasteiger charge is -2.17. The monoisotopic (exact) mass is 404 g/mol. The molecule has 6 heteroatoms. The largest absolute Gasteiger partial charge is 0.351 e. The third-order valence-electron chi connectivity index (χ3n) is 4.27. The lowest BCUT2D eigenvalue weighted by atomic mass is 10.1. The number of benzene rings is 2. The minimum Gasteiger partial charge on any atom is -0.351 e. The quantitative estimate of drug-likeness (QED) is 0.791. The van der Waals surface area contributed by atoms with E-state index in [1.807, 2.05) is 31.2 Å². The zero-order valence-electron chi connectivity index (χ0n) is 13.8. The number of aryl methyl sites for hydroxylation is 1. The van der Waals surface area contributed by atoms with Crippen LogP contribution in [0.3, 0.4) is 0 Å². The van der Waals surface area contributed by atoms with Gasteiger partial charge in [-0.3, -0.25) is 9.59 Å². The van der Waals surface area contributed by atoms with Crippen LogP contribution in [0, 0.1) is 18.7 Å². The fourth-order valence-electron chi connectivity index (χ4n) is 3.00. The van der Waals surface area contributed by atoms with E-state index in [4.69, 9.17) is 0 Å². The number of rotatable bonds is 4. The Balaban J connectivity index is 1.66. The van der Waals surface area contributed by atoms with E-state index in [-0.39, 0.29) is 17.5 Å². The number of carbonyl (C=O) groups excluding carboxylic acids is 2. The Kier molecular flexibility index (Phi) is 5.18. The number of anilines is 1. The predicted molar refractivity (Wildman–Crippen MR) is 97.6 cm³/mol. The first-order chi connectivity index (χ1) is 12.0. The van der Waals surface area contributed by atoms with Gasteiger partial charge in [-0.15, -0.1) is 0 Å². The minimum atomic E-state index is -0.771. The summed E-state index contributed by atoms with van der Waals surface area (Å²) in [5, 5.41) is 2.81. The van der Waals surface area contributed by atoms with Gasteiger partial charge < -0.3 is 10.2 Å². The van der Waals surface area contributed by atoms with Gasteiger partial charge in [-0.1, -0.05) is 45.8 Å². The molecule has 0 unspecified atom stereocenters. The van der Waals surface area contributed by atoms with Crippen LogP contribution in [0.15, 0.2) is 46.9 Å². The van der Waals surface area contributed by atoms with Crippen LogP contribution in [0.5, 0.6) is 0 Å². The Morgan fingerprint density at radius 1 is 1.32 bits per heavy atom. The summed E-state index contributed by atoms with van der Waals surface area (Å²) in [6.45, 7) is 2.69. The van der Waals surface area contributed by atoms with Crippen LogP contribution in [0.4, 0.5) is 10.1 Å². The third kappa shape index (κ3) is 3.90. The van der Waals surface area contributed by atoms with E-state index in [2.05, 4.69) is 21.2 Å². The summed E-state index contributed by atoms with van der Waals surface area (Å²) in [5.41, 5.74) is 2.30. The van der Waals surface area contributed by atoms with Crippen LogP contribution >= 0.6 is 15.9 Å². The highest BCUT2D eigenvalue weighted by Gasteiger charge is 2.38. The molecule has 130 valence electrons. The molecule has 2 amide bonds. The molecule has 0 radical (unpaired) electrons. The van der Waals surface area contributed by atoms with Crippen LogP contribution in [-0.2, 0) is 16.1 Å². The first kappa shape index (κ1) is 17.6. The number of hydrogen-bond donors (Lipinski definition) is 1. The van der Waals surface area contributed by atoms with E-state index in [1.165, 1.54) is 11.0 Å². The SMILES string of the molecule is Cc1cccc(CNC(=O)[C@@H]2CCN(c3ccc(Br)cc3F)C2=O)c1. The lowest BCUT2D eigenvalue weighted by Crippen LogP contribution is -2.36. The van der Waals surface area contributed by atoms with E-state index in [0.717, 1.165) is 11.1 Å². The van der Waals surface area contributed by atoms with Crippen molar-refractivity contribution in [3.05, 3.63) is 63.9 Å². The second-order valence-corrected chi connectivity index (χ2v) is 7.05. The molecule has 4 nitrogen and oxygen atoms in total. The second-order valence-electron chi connectivity index (χ2n) is 6.13. The van der Waals surface area contributed by atoms with Crippen molar-refractivity contribution in [1.29, 1.82) is 0 Å². The molecular weight excluding hydrogens is 387 g/mol. The van der Waals surface area contributed by atoms with Crippen molar-refractivity contribution >= 4 is 33.4 Å². The highest BCUT2D eigenvalue weighted by Crippen LogP contribution is 2.29. The van der Waals surface area contributed by atoms with Crippen molar-refractivity contribution in [3.63, 3.8) is 0 Å². The summed E-state index contributed by atoms with van der Waals surface area (Å²) in [4.78, 5) is 26.3. The summed E-state index contributed by atoms with van der Waals surface area (Å²) < 4.78 is 14.7. The lowest BCUT2D eigenvalue weighted by molar-refractivity contribution is -0.132. The van der Waals surface area contributed by atoms with Gasteiger partial charge >= 0.3 is 0 Å². The maximum Gasteiger partial charge on any atom is 0.239 e. The van der Waals surface area contributed by atoms with E-state index in [9.17, 15) is 14.0 Å². The van der Waals surface area contributed by atoms with Crippen molar-refractivity contribution in [1.82, 2.24) is 5.32 Å². The van der Waals surface area contributed by atoms with Crippen molar-refractivity contribution in [2.75, 3.05) is 11.4 Å². The second kappa shape index (κ2) is 7.35. The summed E-state index contributed by atoms with van der Waals surface area (Å²) in [5.74, 6) is -1.93. The maximum absolute atomic E-state index is 14.1. The molecule has 0 bridgehead atoms.